The first-order chi connectivity index (χ1) is 16.5. The van der Waals surface area contributed by atoms with Crippen molar-refractivity contribution < 1.29 is 18.9 Å². The summed E-state index contributed by atoms with van der Waals surface area (Å²) in [5.41, 5.74) is 1.44. The van der Waals surface area contributed by atoms with Gasteiger partial charge < -0.3 is 19.0 Å². The highest BCUT2D eigenvalue weighted by atomic mass is 16.6. The van der Waals surface area contributed by atoms with Gasteiger partial charge in [-0.15, -0.1) is 0 Å². The van der Waals surface area contributed by atoms with E-state index in [2.05, 4.69) is 11.1 Å². The molecule has 34 heavy (non-hydrogen) atoms. The number of benzene rings is 2. The maximum atomic E-state index is 12.7. The Morgan fingerprint density at radius 2 is 1.79 bits per heavy atom. The summed E-state index contributed by atoms with van der Waals surface area (Å²) in [6.07, 6.45) is 3.53. The Labute approximate surface area is 195 Å². The van der Waals surface area contributed by atoms with Crippen LogP contribution in [0, 0.1) is 21.4 Å². The van der Waals surface area contributed by atoms with Crippen molar-refractivity contribution in [1.29, 1.82) is 5.26 Å². The van der Waals surface area contributed by atoms with Gasteiger partial charge in [-0.05, 0) is 35.9 Å². The molecule has 1 aliphatic heterocycles. The van der Waals surface area contributed by atoms with Gasteiger partial charge in [-0.1, -0.05) is 12.1 Å². The molecule has 0 spiro atoms. The molecular weight excluding hydrogens is 438 g/mol. The van der Waals surface area contributed by atoms with Crippen LogP contribution >= 0.6 is 0 Å². The molecule has 2 heterocycles. The lowest BCUT2D eigenvalue weighted by molar-refractivity contribution is -0.384. The van der Waals surface area contributed by atoms with Gasteiger partial charge in [0.1, 0.15) is 11.8 Å². The number of nitro benzene ring substituents is 1. The van der Waals surface area contributed by atoms with Crippen molar-refractivity contribution in [2.45, 2.75) is 0 Å². The van der Waals surface area contributed by atoms with Crippen LogP contribution in [0.5, 0.6) is 5.75 Å². The Hall–Kier alpha value is -4.65. The zero-order valence-corrected chi connectivity index (χ0v) is 18.4. The molecule has 2 aromatic carbocycles. The van der Waals surface area contributed by atoms with Crippen molar-refractivity contribution in [1.82, 2.24) is 9.88 Å². The second kappa shape index (κ2) is 9.87. The Morgan fingerprint density at radius 3 is 2.38 bits per heavy atom. The van der Waals surface area contributed by atoms with Gasteiger partial charge in [0.15, 0.2) is 0 Å². The maximum absolute atomic E-state index is 12.7. The molecule has 10 heteroatoms. The number of nitrogens with zero attached hydrogens (tertiary/aromatic N) is 5. The van der Waals surface area contributed by atoms with Crippen LogP contribution in [-0.4, -0.2) is 54.0 Å². The summed E-state index contributed by atoms with van der Waals surface area (Å²) in [6, 6.07) is 15.1. The minimum atomic E-state index is -0.502. The number of aromatic nitrogens is 1. The van der Waals surface area contributed by atoms with Crippen LogP contribution in [-0.2, 0) is 0 Å². The number of carbonyl (C=O) groups is 1. The molecule has 0 radical (unpaired) electrons. The quantitative estimate of drug-likeness (QED) is 0.404. The number of anilines is 1. The van der Waals surface area contributed by atoms with Crippen molar-refractivity contribution in [3.8, 4) is 11.8 Å². The van der Waals surface area contributed by atoms with Crippen LogP contribution in [0.3, 0.4) is 0 Å². The number of carbonyl (C=O) groups excluding carboxylic acids is 1. The Bertz CT molecular complexity index is 1250. The fraction of sp³-hybridized carbons (Fsp3) is 0.208. The Kier molecular flexibility index (Phi) is 6.54. The summed E-state index contributed by atoms with van der Waals surface area (Å²) in [7, 11) is 1.61. The lowest BCUT2D eigenvalue weighted by Crippen LogP contribution is -2.48. The van der Waals surface area contributed by atoms with Crippen molar-refractivity contribution in [2.24, 2.45) is 0 Å². The number of nitriles is 1. The van der Waals surface area contributed by atoms with Crippen molar-refractivity contribution in [3.63, 3.8) is 0 Å². The summed E-state index contributed by atoms with van der Waals surface area (Å²) in [5.74, 6) is 1.25. The van der Waals surface area contributed by atoms with Crippen molar-refractivity contribution >= 4 is 29.6 Å². The smallest absolute Gasteiger partial charge is 0.269 e. The van der Waals surface area contributed by atoms with Crippen molar-refractivity contribution in [3.05, 3.63) is 81.4 Å². The second-order valence-electron chi connectivity index (χ2n) is 7.51. The normalized spacial score (nSPS) is 13.6. The molecule has 0 unspecified atom stereocenters. The molecule has 1 saturated heterocycles. The first-order valence-corrected chi connectivity index (χ1v) is 10.5. The zero-order chi connectivity index (χ0) is 24.1. The number of amides is 1. The largest absolute Gasteiger partial charge is 0.497 e. The van der Waals surface area contributed by atoms with Gasteiger partial charge in [0.05, 0.1) is 12.0 Å². The summed E-state index contributed by atoms with van der Waals surface area (Å²) in [5, 5.41) is 20.3. The zero-order valence-electron chi connectivity index (χ0n) is 18.4. The van der Waals surface area contributed by atoms with E-state index in [1.807, 2.05) is 35.2 Å². The summed E-state index contributed by atoms with van der Waals surface area (Å²) in [4.78, 5) is 30.9. The van der Waals surface area contributed by atoms with E-state index in [-0.39, 0.29) is 17.3 Å². The first-order valence-electron chi connectivity index (χ1n) is 10.5. The predicted octanol–water partition coefficient (Wildman–Crippen LogP) is 3.60. The molecule has 3 aromatic rings. The fourth-order valence-corrected chi connectivity index (χ4v) is 3.59. The number of methoxy groups -OCH3 is 1. The van der Waals surface area contributed by atoms with E-state index in [1.54, 1.807) is 18.1 Å². The standard InChI is InChI=1S/C24H21N5O5/c1-33-20-9-2-17(3-10-20)4-11-22-26-21(16-25)24(34-22)28-14-12-27(13-15-28)23(30)18-5-7-19(8-6-18)29(31)32/h2-11H,12-15H2,1H3/b11-4+. The summed E-state index contributed by atoms with van der Waals surface area (Å²) in [6.45, 7) is 1.76. The van der Waals surface area contributed by atoms with E-state index in [4.69, 9.17) is 9.15 Å². The lowest BCUT2D eigenvalue weighted by Gasteiger charge is -2.34. The monoisotopic (exact) mass is 459 g/mol. The highest BCUT2D eigenvalue weighted by Crippen LogP contribution is 2.25. The maximum Gasteiger partial charge on any atom is 0.269 e. The number of oxazole rings is 1. The third-order valence-electron chi connectivity index (χ3n) is 5.45. The number of ether oxygens (including phenoxy) is 1. The van der Waals surface area contributed by atoms with Gasteiger partial charge in [-0.25, -0.2) is 0 Å². The molecule has 0 N–H and O–H groups in total. The number of rotatable bonds is 6. The molecule has 0 aliphatic carbocycles. The lowest BCUT2D eigenvalue weighted by atomic mass is 10.1. The summed E-state index contributed by atoms with van der Waals surface area (Å²) < 4.78 is 11.0. The molecule has 4 rings (SSSR count). The molecular formula is C24H21N5O5. The third kappa shape index (κ3) is 4.88. The van der Waals surface area contributed by atoms with Gasteiger partial charge in [0.25, 0.3) is 11.6 Å². The minimum absolute atomic E-state index is 0.0624. The molecule has 1 aromatic heterocycles. The average Bonchev–Trinajstić information content (AvgIpc) is 3.31. The van der Waals surface area contributed by atoms with Gasteiger partial charge in [0.2, 0.25) is 17.5 Å². The fourth-order valence-electron chi connectivity index (χ4n) is 3.59. The first kappa shape index (κ1) is 22.5. The number of piperazine rings is 1. The van der Waals surface area contributed by atoms with Gasteiger partial charge in [-0.2, -0.15) is 10.2 Å². The third-order valence-corrected chi connectivity index (χ3v) is 5.45. The molecule has 1 fully saturated rings. The molecule has 1 amide bonds. The Morgan fingerprint density at radius 1 is 1.12 bits per heavy atom. The second-order valence-corrected chi connectivity index (χ2v) is 7.51. The molecule has 1 aliphatic rings. The van der Waals surface area contributed by atoms with E-state index in [0.29, 0.717) is 43.5 Å². The van der Waals surface area contributed by atoms with Crippen LogP contribution in [0.25, 0.3) is 12.2 Å². The van der Waals surface area contributed by atoms with E-state index >= 15 is 0 Å². The van der Waals surface area contributed by atoms with E-state index < -0.39 is 4.92 Å². The van der Waals surface area contributed by atoms with Crippen molar-refractivity contribution in [2.75, 3.05) is 38.2 Å². The van der Waals surface area contributed by atoms with Gasteiger partial charge >= 0.3 is 0 Å². The number of hydrogen-bond acceptors (Lipinski definition) is 8. The minimum Gasteiger partial charge on any atom is -0.497 e. The molecule has 0 atom stereocenters. The predicted molar refractivity (Wildman–Crippen MR) is 124 cm³/mol. The number of nitro groups is 1. The van der Waals surface area contributed by atoms with Crippen LogP contribution in [0.15, 0.2) is 52.9 Å². The highest BCUT2D eigenvalue weighted by Gasteiger charge is 2.26. The van der Waals surface area contributed by atoms with E-state index in [1.165, 1.54) is 24.3 Å². The van der Waals surface area contributed by atoms with Crippen LogP contribution in [0.2, 0.25) is 0 Å². The van der Waals surface area contributed by atoms with Gasteiger partial charge in [-0.3, -0.25) is 14.9 Å². The SMILES string of the molecule is COc1ccc(/C=C/c2nc(C#N)c(N3CCN(C(=O)c4ccc([N+](=O)[O-])cc4)CC3)o2)cc1. The number of hydrogen-bond donors (Lipinski definition) is 0. The van der Waals surface area contributed by atoms with E-state index in [9.17, 15) is 20.2 Å². The van der Waals surface area contributed by atoms with Gasteiger partial charge in [0, 0.05) is 50.0 Å². The Balaban J connectivity index is 1.41. The van der Waals surface area contributed by atoms with E-state index in [0.717, 1.165) is 11.3 Å². The molecule has 0 saturated carbocycles. The van der Waals surface area contributed by atoms with Crippen LogP contribution < -0.4 is 9.64 Å². The van der Waals surface area contributed by atoms with Crippen LogP contribution in [0.1, 0.15) is 27.5 Å². The highest BCUT2D eigenvalue weighted by molar-refractivity contribution is 5.94. The summed E-state index contributed by atoms with van der Waals surface area (Å²) >= 11 is 0. The average molecular weight is 459 g/mol. The molecule has 10 nitrogen and oxygen atoms in total. The molecule has 0 bridgehead atoms. The number of non-ortho nitro benzene ring substituents is 1. The topological polar surface area (TPSA) is 126 Å². The molecule has 172 valence electrons. The van der Waals surface area contributed by atoms with Crippen LogP contribution in [0.4, 0.5) is 11.6 Å².